The van der Waals surface area contributed by atoms with Crippen molar-refractivity contribution in [1.29, 1.82) is 0 Å². The van der Waals surface area contributed by atoms with Crippen LogP contribution in [0.25, 0.3) is 11.3 Å². The van der Waals surface area contributed by atoms with E-state index in [1.165, 1.54) is 0 Å². The molecule has 0 N–H and O–H groups in total. The molecule has 0 aliphatic carbocycles. The summed E-state index contributed by atoms with van der Waals surface area (Å²) in [5.41, 5.74) is 2.90. The Balaban J connectivity index is 2.49. The van der Waals surface area contributed by atoms with Crippen molar-refractivity contribution in [3.63, 3.8) is 0 Å². The van der Waals surface area contributed by atoms with Crippen LogP contribution in [0.3, 0.4) is 0 Å². The molecule has 0 aromatic carbocycles. The predicted octanol–water partition coefficient (Wildman–Crippen LogP) is 1.80. The smallest absolute Gasteiger partial charge is 0.213 e. The lowest BCUT2D eigenvalue weighted by Crippen LogP contribution is -1.89. The van der Waals surface area contributed by atoms with Crippen molar-refractivity contribution < 1.29 is 4.74 Å². The number of methoxy groups -OCH3 is 1. The van der Waals surface area contributed by atoms with Crippen molar-refractivity contribution in [3.8, 4) is 17.1 Å². The highest BCUT2D eigenvalue weighted by atomic mass is 16.5. The fourth-order valence-corrected chi connectivity index (χ4v) is 1.53. The van der Waals surface area contributed by atoms with Crippen molar-refractivity contribution in [2.24, 2.45) is 7.05 Å². The van der Waals surface area contributed by atoms with Crippen molar-refractivity contribution in [1.82, 2.24) is 14.8 Å². The summed E-state index contributed by atoms with van der Waals surface area (Å²) in [5.74, 6) is 0.621. The van der Waals surface area contributed by atoms with Gasteiger partial charge in [-0.15, -0.1) is 0 Å². The Labute approximate surface area is 88.5 Å². The van der Waals surface area contributed by atoms with Crippen LogP contribution in [0.2, 0.25) is 0 Å². The van der Waals surface area contributed by atoms with Gasteiger partial charge >= 0.3 is 0 Å². The zero-order chi connectivity index (χ0) is 10.8. The van der Waals surface area contributed by atoms with E-state index < -0.39 is 0 Å². The molecule has 15 heavy (non-hydrogen) atoms. The van der Waals surface area contributed by atoms with Crippen LogP contribution >= 0.6 is 0 Å². The maximum atomic E-state index is 5.08. The number of nitrogens with zero attached hydrogens (tertiary/aromatic N) is 3. The van der Waals surface area contributed by atoms with Gasteiger partial charge in [0.1, 0.15) is 0 Å². The van der Waals surface area contributed by atoms with Crippen molar-refractivity contribution in [2.75, 3.05) is 7.11 Å². The first-order valence-corrected chi connectivity index (χ1v) is 4.72. The number of rotatable bonds is 2. The molecule has 0 radical (unpaired) electrons. The average Bonchev–Trinajstić information content (AvgIpc) is 2.58. The molecule has 0 unspecified atom stereocenters. The van der Waals surface area contributed by atoms with Gasteiger partial charge in [-0.3, -0.25) is 4.68 Å². The third kappa shape index (κ3) is 1.83. The summed E-state index contributed by atoms with van der Waals surface area (Å²) in [7, 11) is 3.51. The molecule has 2 aromatic heterocycles. The predicted molar refractivity (Wildman–Crippen MR) is 57.7 cm³/mol. The van der Waals surface area contributed by atoms with E-state index in [1.54, 1.807) is 11.8 Å². The molecule has 0 spiro atoms. The average molecular weight is 203 g/mol. The van der Waals surface area contributed by atoms with Gasteiger partial charge < -0.3 is 4.74 Å². The van der Waals surface area contributed by atoms with E-state index in [9.17, 15) is 0 Å². The number of aryl methyl sites for hydroxylation is 2. The second-order valence-corrected chi connectivity index (χ2v) is 3.37. The minimum Gasteiger partial charge on any atom is -0.481 e. The van der Waals surface area contributed by atoms with Crippen LogP contribution in [-0.4, -0.2) is 21.9 Å². The SMILES string of the molecule is COc1cccc(-c2cn(C)nc2C)n1. The molecular weight excluding hydrogens is 190 g/mol. The topological polar surface area (TPSA) is 39.9 Å². The molecule has 2 aromatic rings. The monoisotopic (exact) mass is 203 g/mol. The summed E-state index contributed by atoms with van der Waals surface area (Å²) in [6, 6.07) is 5.70. The van der Waals surface area contributed by atoms with Crippen molar-refractivity contribution >= 4 is 0 Å². The zero-order valence-corrected chi connectivity index (χ0v) is 9.06. The highest BCUT2D eigenvalue weighted by Crippen LogP contribution is 2.21. The number of hydrogen-bond acceptors (Lipinski definition) is 3. The highest BCUT2D eigenvalue weighted by Gasteiger charge is 2.07. The molecule has 0 amide bonds. The Bertz CT molecular complexity index is 476. The van der Waals surface area contributed by atoms with Gasteiger partial charge in [0, 0.05) is 24.9 Å². The molecule has 0 bridgehead atoms. The van der Waals surface area contributed by atoms with E-state index in [2.05, 4.69) is 10.1 Å². The summed E-state index contributed by atoms with van der Waals surface area (Å²) < 4.78 is 6.87. The fourth-order valence-electron chi connectivity index (χ4n) is 1.53. The molecular formula is C11H13N3O. The molecule has 4 heteroatoms. The van der Waals surface area contributed by atoms with Crippen LogP contribution in [0.1, 0.15) is 5.69 Å². The van der Waals surface area contributed by atoms with Crippen LogP contribution in [0, 0.1) is 6.92 Å². The van der Waals surface area contributed by atoms with E-state index in [4.69, 9.17) is 4.74 Å². The van der Waals surface area contributed by atoms with Crippen molar-refractivity contribution in [3.05, 3.63) is 30.1 Å². The van der Waals surface area contributed by atoms with E-state index in [0.717, 1.165) is 17.0 Å². The van der Waals surface area contributed by atoms with Crippen LogP contribution in [-0.2, 0) is 7.05 Å². The number of pyridine rings is 1. The van der Waals surface area contributed by atoms with Gasteiger partial charge in [-0.05, 0) is 13.0 Å². The molecule has 4 nitrogen and oxygen atoms in total. The molecule has 2 rings (SSSR count). The maximum Gasteiger partial charge on any atom is 0.213 e. The molecule has 0 aliphatic rings. The summed E-state index contributed by atoms with van der Waals surface area (Å²) in [6.07, 6.45) is 1.96. The first kappa shape index (κ1) is 9.71. The van der Waals surface area contributed by atoms with Crippen molar-refractivity contribution in [2.45, 2.75) is 6.92 Å². The van der Waals surface area contributed by atoms with Crippen LogP contribution in [0.15, 0.2) is 24.4 Å². The fraction of sp³-hybridized carbons (Fsp3) is 0.273. The second-order valence-electron chi connectivity index (χ2n) is 3.37. The van der Waals surface area contributed by atoms with Gasteiger partial charge in [0.25, 0.3) is 0 Å². The minimum atomic E-state index is 0.621. The first-order valence-electron chi connectivity index (χ1n) is 4.72. The van der Waals surface area contributed by atoms with E-state index in [0.29, 0.717) is 5.88 Å². The van der Waals surface area contributed by atoms with E-state index in [1.807, 2.05) is 38.4 Å². The lowest BCUT2D eigenvalue weighted by atomic mass is 10.2. The third-order valence-electron chi connectivity index (χ3n) is 2.22. The molecule has 0 atom stereocenters. The quantitative estimate of drug-likeness (QED) is 0.747. The van der Waals surface area contributed by atoms with Gasteiger partial charge in [0.2, 0.25) is 5.88 Å². The van der Waals surface area contributed by atoms with Gasteiger partial charge in [0.15, 0.2) is 0 Å². The molecule has 0 aliphatic heterocycles. The first-order chi connectivity index (χ1) is 7.20. The van der Waals surface area contributed by atoms with E-state index >= 15 is 0 Å². The molecule has 0 fully saturated rings. The van der Waals surface area contributed by atoms with Crippen LogP contribution in [0.5, 0.6) is 5.88 Å². The second kappa shape index (κ2) is 3.73. The maximum absolute atomic E-state index is 5.08. The van der Waals surface area contributed by atoms with Gasteiger partial charge in [-0.25, -0.2) is 4.98 Å². The molecule has 78 valence electrons. The Morgan fingerprint density at radius 2 is 2.13 bits per heavy atom. The van der Waals surface area contributed by atoms with Gasteiger partial charge in [-0.2, -0.15) is 5.10 Å². The van der Waals surface area contributed by atoms with Crippen LogP contribution < -0.4 is 4.74 Å². The normalized spacial score (nSPS) is 10.3. The lowest BCUT2D eigenvalue weighted by Gasteiger charge is -2.01. The Hall–Kier alpha value is -1.84. The molecule has 0 saturated heterocycles. The van der Waals surface area contributed by atoms with Gasteiger partial charge in [0.05, 0.1) is 18.5 Å². The summed E-state index contributed by atoms with van der Waals surface area (Å²) >= 11 is 0. The third-order valence-corrected chi connectivity index (χ3v) is 2.22. The Kier molecular flexibility index (Phi) is 2.41. The summed E-state index contributed by atoms with van der Waals surface area (Å²) in [6.45, 7) is 1.97. The zero-order valence-electron chi connectivity index (χ0n) is 9.06. The Morgan fingerprint density at radius 1 is 1.33 bits per heavy atom. The molecule has 2 heterocycles. The largest absolute Gasteiger partial charge is 0.481 e. The Morgan fingerprint density at radius 3 is 2.73 bits per heavy atom. The minimum absolute atomic E-state index is 0.621. The molecule has 0 saturated carbocycles. The number of hydrogen-bond donors (Lipinski definition) is 0. The number of aromatic nitrogens is 3. The van der Waals surface area contributed by atoms with Crippen LogP contribution in [0.4, 0.5) is 0 Å². The highest BCUT2D eigenvalue weighted by molar-refractivity contribution is 5.61. The standard InChI is InChI=1S/C11H13N3O/c1-8-9(7-14(2)13-8)10-5-4-6-11(12-10)15-3/h4-7H,1-3H3. The summed E-state index contributed by atoms with van der Waals surface area (Å²) in [5, 5.41) is 4.28. The van der Waals surface area contributed by atoms with E-state index in [-0.39, 0.29) is 0 Å². The van der Waals surface area contributed by atoms with Gasteiger partial charge in [-0.1, -0.05) is 6.07 Å². The lowest BCUT2D eigenvalue weighted by molar-refractivity contribution is 0.398. The summed E-state index contributed by atoms with van der Waals surface area (Å²) in [4.78, 5) is 4.36. The number of ether oxygens (including phenoxy) is 1.